The van der Waals surface area contributed by atoms with Gasteiger partial charge in [0.05, 0.1) is 11.5 Å². The monoisotopic (exact) mass is 250 g/mol. The average molecular weight is 250 g/mol. The van der Waals surface area contributed by atoms with Gasteiger partial charge in [-0.15, -0.1) is 0 Å². The number of carboxylic acid groups (broad SMARTS) is 1. The number of hydrogen-bond donors (Lipinski definition) is 2. The SMILES string of the molecule is C[C@@H](NC(=O)N1CCS(=O)(=O)CC1)C(=O)O. The number of carboxylic acids is 1. The maximum atomic E-state index is 11.5. The van der Waals surface area contributed by atoms with Crippen molar-refractivity contribution < 1.29 is 23.1 Å². The molecular formula is C8H14N2O5S. The second kappa shape index (κ2) is 4.69. The first kappa shape index (κ1) is 12.8. The molecule has 2 N–H and O–H groups in total. The molecule has 0 spiro atoms. The van der Waals surface area contributed by atoms with E-state index in [0.717, 1.165) is 0 Å². The first-order valence-corrected chi connectivity index (χ1v) is 6.62. The first-order valence-electron chi connectivity index (χ1n) is 4.80. The van der Waals surface area contributed by atoms with Gasteiger partial charge < -0.3 is 15.3 Å². The summed E-state index contributed by atoms with van der Waals surface area (Å²) in [4.78, 5) is 23.3. The number of rotatable bonds is 2. The molecule has 0 radical (unpaired) electrons. The largest absolute Gasteiger partial charge is 0.480 e. The van der Waals surface area contributed by atoms with Crippen LogP contribution in [0.1, 0.15) is 6.92 Å². The van der Waals surface area contributed by atoms with Gasteiger partial charge in [-0.2, -0.15) is 0 Å². The average Bonchev–Trinajstić information content (AvgIpc) is 2.17. The van der Waals surface area contributed by atoms with Gasteiger partial charge in [0.2, 0.25) is 0 Å². The highest BCUT2D eigenvalue weighted by molar-refractivity contribution is 7.91. The third-order valence-electron chi connectivity index (χ3n) is 2.34. The van der Waals surface area contributed by atoms with E-state index in [4.69, 9.17) is 5.11 Å². The molecule has 1 fully saturated rings. The highest BCUT2D eigenvalue weighted by atomic mass is 32.2. The topological polar surface area (TPSA) is 104 Å². The number of carbonyl (C=O) groups excluding carboxylic acids is 1. The lowest BCUT2D eigenvalue weighted by molar-refractivity contribution is -0.138. The van der Waals surface area contributed by atoms with Gasteiger partial charge in [0, 0.05) is 13.1 Å². The summed E-state index contributed by atoms with van der Waals surface area (Å²) < 4.78 is 22.2. The summed E-state index contributed by atoms with van der Waals surface area (Å²) in [5.74, 6) is -1.26. The van der Waals surface area contributed by atoms with Gasteiger partial charge in [0.15, 0.2) is 9.84 Å². The molecule has 0 aromatic rings. The molecule has 92 valence electrons. The number of amides is 2. The van der Waals surface area contributed by atoms with Crippen molar-refractivity contribution >= 4 is 21.8 Å². The zero-order valence-electron chi connectivity index (χ0n) is 8.84. The van der Waals surface area contributed by atoms with E-state index in [9.17, 15) is 18.0 Å². The Morgan fingerprint density at radius 1 is 1.31 bits per heavy atom. The first-order chi connectivity index (χ1) is 7.32. The molecular weight excluding hydrogens is 236 g/mol. The van der Waals surface area contributed by atoms with Crippen molar-refractivity contribution in [1.29, 1.82) is 0 Å². The summed E-state index contributed by atoms with van der Waals surface area (Å²) in [5.41, 5.74) is 0. The Hall–Kier alpha value is -1.31. The normalized spacial score (nSPS) is 21.2. The molecule has 0 aromatic heterocycles. The highest BCUT2D eigenvalue weighted by Gasteiger charge is 2.26. The van der Waals surface area contributed by atoms with Crippen LogP contribution in [-0.2, 0) is 14.6 Å². The standard InChI is InChI=1S/C8H14N2O5S/c1-6(7(11)12)9-8(13)10-2-4-16(14,15)5-3-10/h6H,2-5H2,1H3,(H,9,13)(H,11,12)/t6-/m1/s1. The molecule has 2 amide bonds. The lowest BCUT2D eigenvalue weighted by Crippen LogP contribution is -2.51. The molecule has 1 aliphatic rings. The van der Waals surface area contributed by atoms with Crippen LogP contribution < -0.4 is 5.32 Å². The van der Waals surface area contributed by atoms with Gasteiger partial charge >= 0.3 is 12.0 Å². The fraction of sp³-hybridized carbons (Fsp3) is 0.750. The van der Waals surface area contributed by atoms with E-state index in [1.54, 1.807) is 0 Å². The quantitative estimate of drug-likeness (QED) is 0.647. The Balaban J connectivity index is 2.48. The molecule has 1 heterocycles. The molecule has 0 unspecified atom stereocenters. The highest BCUT2D eigenvalue weighted by Crippen LogP contribution is 2.03. The van der Waals surface area contributed by atoms with Crippen LogP contribution in [0.3, 0.4) is 0 Å². The van der Waals surface area contributed by atoms with Crippen LogP contribution >= 0.6 is 0 Å². The minimum atomic E-state index is -3.03. The molecule has 0 bridgehead atoms. The minimum Gasteiger partial charge on any atom is -0.480 e. The Morgan fingerprint density at radius 3 is 2.25 bits per heavy atom. The number of sulfone groups is 1. The number of hydrogen-bond acceptors (Lipinski definition) is 4. The maximum absolute atomic E-state index is 11.5. The van der Waals surface area contributed by atoms with Crippen LogP contribution in [0.25, 0.3) is 0 Å². The third-order valence-corrected chi connectivity index (χ3v) is 3.95. The molecule has 1 rings (SSSR count). The zero-order valence-corrected chi connectivity index (χ0v) is 9.66. The van der Waals surface area contributed by atoms with Gasteiger partial charge in [0.25, 0.3) is 0 Å². The Bertz CT molecular complexity index is 377. The number of nitrogens with one attached hydrogen (secondary N) is 1. The van der Waals surface area contributed by atoms with Gasteiger partial charge in [0.1, 0.15) is 6.04 Å². The fourth-order valence-electron chi connectivity index (χ4n) is 1.25. The second-order valence-corrected chi connectivity index (χ2v) is 5.95. The summed E-state index contributed by atoms with van der Waals surface area (Å²) in [5, 5.41) is 10.9. The van der Waals surface area contributed by atoms with Crippen molar-refractivity contribution in [2.24, 2.45) is 0 Å². The Labute approximate surface area is 93.3 Å². The summed E-state index contributed by atoms with van der Waals surface area (Å²) in [6, 6.07) is -1.52. The summed E-state index contributed by atoms with van der Waals surface area (Å²) in [6.45, 7) is 1.57. The molecule has 8 heteroatoms. The van der Waals surface area contributed by atoms with Gasteiger partial charge in [-0.05, 0) is 6.92 Å². The van der Waals surface area contributed by atoms with Gasteiger partial charge in [-0.25, -0.2) is 13.2 Å². The molecule has 0 aromatic carbocycles. The lowest BCUT2D eigenvalue weighted by atomic mass is 10.3. The molecule has 16 heavy (non-hydrogen) atoms. The van der Waals surface area contributed by atoms with E-state index in [1.165, 1.54) is 11.8 Å². The van der Waals surface area contributed by atoms with E-state index < -0.39 is 27.9 Å². The number of urea groups is 1. The zero-order chi connectivity index (χ0) is 12.3. The lowest BCUT2D eigenvalue weighted by Gasteiger charge is -2.27. The minimum absolute atomic E-state index is 0.0676. The maximum Gasteiger partial charge on any atom is 0.325 e. The van der Waals surface area contributed by atoms with E-state index in [1.807, 2.05) is 0 Å². The molecule has 0 aliphatic carbocycles. The molecule has 7 nitrogen and oxygen atoms in total. The van der Waals surface area contributed by atoms with E-state index in [2.05, 4.69) is 5.32 Å². The predicted molar refractivity (Wildman–Crippen MR) is 55.9 cm³/mol. The fourth-order valence-corrected chi connectivity index (χ4v) is 2.45. The van der Waals surface area contributed by atoms with Crippen molar-refractivity contribution in [3.63, 3.8) is 0 Å². The summed E-state index contributed by atoms with van der Waals surface area (Å²) in [7, 11) is -3.03. The second-order valence-electron chi connectivity index (χ2n) is 3.65. The van der Waals surface area contributed by atoms with E-state index >= 15 is 0 Å². The molecule has 0 saturated carbocycles. The van der Waals surface area contributed by atoms with Gasteiger partial charge in [-0.1, -0.05) is 0 Å². The number of aliphatic carboxylic acids is 1. The van der Waals surface area contributed by atoms with Crippen molar-refractivity contribution in [3.8, 4) is 0 Å². The summed E-state index contributed by atoms with van der Waals surface area (Å²) >= 11 is 0. The van der Waals surface area contributed by atoms with Crippen molar-refractivity contribution in [2.75, 3.05) is 24.6 Å². The van der Waals surface area contributed by atoms with Crippen molar-refractivity contribution in [2.45, 2.75) is 13.0 Å². The third kappa shape index (κ3) is 3.37. The van der Waals surface area contributed by atoms with Crippen LogP contribution in [0, 0.1) is 0 Å². The number of carbonyl (C=O) groups is 2. The predicted octanol–water partition coefficient (Wildman–Crippen LogP) is -1.10. The molecule has 1 aliphatic heterocycles. The number of nitrogens with zero attached hydrogens (tertiary/aromatic N) is 1. The Morgan fingerprint density at radius 2 is 1.81 bits per heavy atom. The van der Waals surface area contributed by atoms with E-state index in [0.29, 0.717) is 0 Å². The van der Waals surface area contributed by atoms with Gasteiger partial charge in [-0.3, -0.25) is 4.79 Å². The molecule has 1 atom stereocenters. The van der Waals surface area contributed by atoms with Crippen LogP contribution in [0.4, 0.5) is 4.79 Å². The van der Waals surface area contributed by atoms with Crippen LogP contribution in [-0.4, -0.2) is 61.1 Å². The van der Waals surface area contributed by atoms with Crippen LogP contribution in [0.15, 0.2) is 0 Å². The van der Waals surface area contributed by atoms with Crippen LogP contribution in [0.5, 0.6) is 0 Å². The van der Waals surface area contributed by atoms with Crippen molar-refractivity contribution in [1.82, 2.24) is 10.2 Å². The summed E-state index contributed by atoms with van der Waals surface area (Å²) in [6.07, 6.45) is 0. The Kier molecular flexibility index (Phi) is 3.74. The smallest absolute Gasteiger partial charge is 0.325 e. The van der Waals surface area contributed by atoms with Crippen molar-refractivity contribution in [3.05, 3.63) is 0 Å². The molecule has 1 saturated heterocycles. The van der Waals surface area contributed by atoms with Crippen LogP contribution in [0.2, 0.25) is 0 Å². The van der Waals surface area contributed by atoms with E-state index in [-0.39, 0.29) is 24.6 Å².